The number of aromatic nitrogens is 3. The van der Waals surface area contributed by atoms with Gasteiger partial charge in [-0.25, -0.2) is 19.0 Å². The molecule has 2 aromatic heterocycles. The van der Waals surface area contributed by atoms with Crippen LogP contribution in [0.1, 0.15) is 29.4 Å². The fourth-order valence-electron chi connectivity index (χ4n) is 3.07. The molecule has 0 aliphatic carbocycles. The quantitative estimate of drug-likeness (QED) is 0.512. The highest BCUT2D eigenvalue weighted by atomic mass is 19.1. The lowest BCUT2D eigenvalue weighted by molar-refractivity contribution is 0.476. The van der Waals surface area contributed by atoms with Crippen molar-refractivity contribution in [2.24, 2.45) is 4.99 Å². The SMILES string of the molecule is CCNC(=NCc1ccc(-n2nc(C)cc2C)nc1)N(C)Cc1ccc(F)cc1. The lowest BCUT2D eigenvalue weighted by Crippen LogP contribution is -2.38. The van der Waals surface area contributed by atoms with Gasteiger partial charge in [-0.15, -0.1) is 0 Å². The van der Waals surface area contributed by atoms with Crippen molar-refractivity contribution >= 4 is 5.96 Å². The molecule has 0 spiro atoms. The molecule has 0 atom stereocenters. The maximum Gasteiger partial charge on any atom is 0.194 e. The maximum absolute atomic E-state index is 13.1. The van der Waals surface area contributed by atoms with E-state index in [9.17, 15) is 4.39 Å². The fourth-order valence-corrected chi connectivity index (χ4v) is 3.07. The monoisotopic (exact) mass is 394 g/mol. The molecule has 0 bridgehead atoms. The van der Waals surface area contributed by atoms with Crippen LogP contribution in [0.5, 0.6) is 0 Å². The number of halogens is 1. The molecular weight excluding hydrogens is 367 g/mol. The summed E-state index contributed by atoms with van der Waals surface area (Å²) in [7, 11) is 1.97. The van der Waals surface area contributed by atoms with E-state index in [0.717, 1.165) is 40.8 Å². The second-order valence-corrected chi connectivity index (χ2v) is 7.02. The van der Waals surface area contributed by atoms with Crippen LogP contribution in [-0.4, -0.2) is 39.2 Å². The summed E-state index contributed by atoms with van der Waals surface area (Å²) in [6, 6.07) is 12.5. The van der Waals surface area contributed by atoms with Crippen LogP contribution in [0, 0.1) is 19.7 Å². The Kier molecular flexibility index (Phi) is 6.59. The fraction of sp³-hybridized carbons (Fsp3) is 0.318. The first-order chi connectivity index (χ1) is 14.0. The topological polar surface area (TPSA) is 58.3 Å². The molecule has 0 saturated heterocycles. The van der Waals surface area contributed by atoms with Crippen molar-refractivity contribution in [2.45, 2.75) is 33.9 Å². The van der Waals surface area contributed by atoms with Crippen LogP contribution in [0.2, 0.25) is 0 Å². The summed E-state index contributed by atoms with van der Waals surface area (Å²) >= 11 is 0. The molecule has 0 amide bonds. The van der Waals surface area contributed by atoms with Crippen LogP contribution in [0.15, 0.2) is 53.7 Å². The van der Waals surface area contributed by atoms with Gasteiger partial charge in [-0.2, -0.15) is 5.10 Å². The molecule has 3 rings (SSSR count). The number of guanidine groups is 1. The molecule has 1 N–H and O–H groups in total. The third kappa shape index (κ3) is 5.40. The zero-order valence-corrected chi connectivity index (χ0v) is 17.4. The lowest BCUT2D eigenvalue weighted by atomic mass is 10.2. The van der Waals surface area contributed by atoms with Crippen molar-refractivity contribution in [2.75, 3.05) is 13.6 Å². The number of hydrogen-bond acceptors (Lipinski definition) is 3. The second-order valence-electron chi connectivity index (χ2n) is 7.02. The zero-order valence-electron chi connectivity index (χ0n) is 17.4. The number of aliphatic imine (C=N–C) groups is 1. The van der Waals surface area contributed by atoms with Crippen molar-refractivity contribution in [3.8, 4) is 5.82 Å². The lowest BCUT2D eigenvalue weighted by Gasteiger charge is -2.22. The summed E-state index contributed by atoms with van der Waals surface area (Å²) in [6.45, 7) is 7.94. The molecule has 0 radical (unpaired) electrons. The highest BCUT2D eigenvalue weighted by Crippen LogP contribution is 2.11. The first-order valence-electron chi connectivity index (χ1n) is 9.68. The highest BCUT2D eigenvalue weighted by Gasteiger charge is 2.08. The van der Waals surface area contributed by atoms with Crippen LogP contribution in [0.25, 0.3) is 5.82 Å². The Morgan fingerprint density at radius 1 is 1.14 bits per heavy atom. The Balaban J connectivity index is 1.69. The molecule has 0 saturated carbocycles. The molecule has 29 heavy (non-hydrogen) atoms. The van der Waals surface area contributed by atoms with Crippen molar-refractivity contribution < 1.29 is 4.39 Å². The van der Waals surface area contributed by atoms with Crippen molar-refractivity contribution in [1.82, 2.24) is 25.0 Å². The van der Waals surface area contributed by atoms with E-state index in [1.807, 2.05) is 61.8 Å². The van der Waals surface area contributed by atoms with E-state index in [0.29, 0.717) is 13.1 Å². The van der Waals surface area contributed by atoms with Gasteiger partial charge in [-0.1, -0.05) is 18.2 Å². The summed E-state index contributed by atoms with van der Waals surface area (Å²) < 4.78 is 14.9. The number of nitrogens with one attached hydrogen (secondary N) is 1. The van der Waals surface area contributed by atoms with E-state index in [1.165, 1.54) is 12.1 Å². The number of pyridine rings is 1. The predicted molar refractivity (Wildman–Crippen MR) is 114 cm³/mol. The highest BCUT2D eigenvalue weighted by molar-refractivity contribution is 5.79. The molecule has 152 valence electrons. The van der Waals surface area contributed by atoms with Gasteiger partial charge in [0.15, 0.2) is 11.8 Å². The Hall–Kier alpha value is -3.22. The molecule has 2 heterocycles. The molecule has 7 heteroatoms. The third-order valence-electron chi connectivity index (χ3n) is 4.48. The van der Waals surface area contributed by atoms with E-state index in [2.05, 4.69) is 15.4 Å². The first kappa shape index (κ1) is 20.5. The van der Waals surface area contributed by atoms with Gasteiger partial charge in [-0.05, 0) is 56.2 Å². The van der Waals surface area contributed by atoms with E-state index in [1.54, 1.807) is 12.1 Å². The van der Waals surface area contributed by atoms with Gasteiger partial charge < -0.3 is 10.2 Å². The molecule has 0 aliphatic heterocycles. The van der Waals surface area contributed by atoms with E-state index < -0.39 is 0 Å². The van der Waals surface area contributed by atoms with Crippen LogP contribution in [0.3, 0.4) is 0 Å². The Morgan fingerprint density at radius 3 is 2.45 bits per heavy atom. The van der Waals surface area contributed by atoms with Crippen LogP contribution < -0.4 is 5.32 Å². The average Bonchev–Trinajstić information content (AvgIpc) is 3.05. The summed E-state index contributed by atoms with van der Waals surface area (Å²) in [5.41, 5.74) is 4.06. The van der Waals surface area contributed by atoms with Crippen LogP contribution >= 0.6 is 0 Å². The Bertz CT molecular complexity index is 960. The smallest absolute Gasteiger partial charge is 0.194 e. The Labute approximate surface area is 171 Å². The number of hydrogen-bond donors (Lipinski definition) is 1. The van der Waals surface area contributed by atoms with Gasteiger partial charge >= 0.3 is 0 Å². The Morgan fingerprint density at radius 2 is 1.86 bits per heavy atom. The molecular formula is C22H27FN6. The number of aryl methyl sites for hydroxylation is 2. The third-order valence-corrected chi connectivity index (χ3v) is 4.48. The second kappa shape index (κ2) is 9.32. The van der Waals surface area contributed by atoms with Gasteiger partial charge in [0, 0.05) is 32.0 Å². The largest absolute Gasteiger partial charge is 0.357 e. The molecule has 6 nitrogen and oxygen atoms in total. The van der Waals surface area contributed by atoms with E-state index in [-0.39, 0.29) is 5.82 Å². The molecule has 3 aromatic rings. The van der Waals surface area contributed by atoms with Crippen molar-refractivity contribution in [3.63, 3.8) is 0 Å². The number of nitrogens with zero attached hydrogens (tertiary/aromatic N) is 5. The van der Waals surface area contributed by atoms with Crippen molar-refractivity contribution in [3.05, 3.63) is 77.0 Å². The van der Waals surface area contributed by atoms with E-state index >= 15 is 0 Å². The average molecular weight is 394 g/mol. The molecule has 0 fully saturated rings. The van der Waals surface area contributed by atoms with Gasteiger partial charge in [-0.3, -0.25) is 0 Å². The van der Waals surface area contributed by atoms with Crippen molar-refractivity contribution in [1.29, 1.82) is 0 Å². The molecule has 1 aromatic carbocycles. The predicted octanol–water partition coefficient (Wildman–Crippen LogP) is 3.62. The standard InChI is InChI=1S/C22H27FN6/c1-5-24-22(28(4)15-18-6-9-20(23)10-7-18)26-14-19-8-11-21(25-13-19)29-17(3)12-16(2)27-29/h6-13H,5,14-15H2,1-4H3,(H,24,26). The van der Waals surface area contributed by atoms with Gasteiger partial charge in [0.1, 0.15) is 5.82 Å². The summed E-state index contributed by atoms with van der Waals surface area (Å²) in [5.74, 6) is 1.36. The van der Waals surface area contributed by atoms with Crippen LogP contribution in [0.4, 0.5) is 4.39 Å². The van der Waals surface area contributed by atoms with Gasteiger partial charge in [0.25, 0.3) is 0 Å². The molecule has 0 unspecified atom stereocenters. The zero-order chi connectivity index (χ0) is 20.8. The van der Waals surface area contributed by atoms with Gasteiger partial charge in [0.2, 0.25) is 0 Å². The minimum absolute atomic E-state index is 0.228. The summed E-state index contributed by atoms with van der Waals surface area (Å²) in [6.07, 6.45) is 1.83. The molecule has 0 aliphatic rings. The summed E-state index contributed by atoms with van der Waals surface area (Å²) in [5, 5.41) is 7.76. The van der Waals surface area contributed by atoms with Gasteiger partial charge in [0.05, 0.1) is 12.2 Å². The number of benzene rings is 1. The minimum atomic E-state index is -0.228. The number of rotatable bonds is 6. The first-order valence-corrected chi connectivity index (χ1v) is 9.68. The van der Waals surface area contributed by atoms with E-state index in [4.69, 9.17) is 4.99 Å². The maximum atomic E-state index is 13.1. The normalized spacial score (nSPS) is 11.6. The van der Waals surface area contributed by atoms with Crippen LogP contribution in [-0.2, 0) is 13.1 Å². The minimum Gasteiger partial charge on any atom is -0.357 e. The summed E-state index contributed by atoms with van der Waals surface area (Å²) in [4.78, 5) is 11.3.